The molecule has 0 radical (unpaired) electrons. The molecule has 0 nitrogen and oxygen atoms in total. The van der Waals surface area contributed by atoms with Gasteiger partial charge in [-0.15, -0.1) is 0 Å². The van der Waals surface area contributed by atoms with Gasteiger partial charge in [-0.2, -0.15) is 13.2 Å². The van der Waals surface area contributed by atoms with E-state index in [0.717, 1.165) is 5.56 Å². The van der Waals surface area contributed by atoms with Gasteiger partial charge in [0.15, 0.2) is 0 Å². The Morgan fingerprint density at radius 3 is 1.58 bits per heavy atom. The van der Waals surface area contributed by atoms with E-state index in [1.807, 2.05) is 25.1 Å². The van der Waals surface area contributed by atoms with E-state index < -0.39 is 5.51 Å². The summed E-state index contributed by atoms with van der Waals surface area (Å²) < 4.78 is 35.4. The highest BCUT2D eigenvalue weighted by atomic mass is 32.2. The summed E-state index contributed by atoms with van der Waals surface area (Å²) in [5.74, 6) is 0. The largest absolute Gasteiger partial charge is 0.446 e. The third-order valence-corrected chi connectivity index (χ3v) is 2.93. The van der Waals surface area contributed by atoms with Crippen LogP contribution in [0.4, 0.5) is 13.2 Å². The lowest BCUT2D eigenvalue weighted by atomic mass is 10.2. The van der Waals surface area contributed by atoms with Crippen molar-refractivity contribution in [3.05, 3.63) is 65.7 Å². The fourth-order valence-corrected chi connectivity index (χ4v) is 1.81. The molecule has 0 bridgehead atoms. The van der Waals surface area contributed by atoms with Gasteiger partial charge in [0.05, 0.1) is 0 Å². The van der Waals surface area contributed by atoms with Crippen molar-refractivity contribution >= 4 is 11.8 Å². The second-order valence-corrected chi connectivity index (χ2v) is 5.15. The molecule has 0 aliphatic carbocycles. The first kappa shape index (κ1) is 15.6. The summed E-state index contributed by atoms with van der Waals surface area (Å²) in [6.45, 7) is 3.92. The molecular formula is C15H15F3S. The van der Waals surface area contributed by atoms with Crippen molar-refractivity contribution in [2.45, 2.75) is 24.3 Å². The first-order valence-electron chi connectivity index (χ1n) is 5.71. The molecule has 0 N–H and O–H groups in total. The summed E-state index contributed by atoms with van der Waals surface area (Å²) in [5.41, 5.74) is -1.90. The third-order valence-electron chi connectivity index (χ3n) is 2.20. The van der Waals surface area contributed by atoms with Gasteiger partial charge in [-0.25, -0.2) is 0 Å². The van der Waals surface area contributed by atoms with Crippen molar-refractivity contribution in [2.75, 3.05) is 0 Å². The third kappa shape index (κ3) is 7.57. The van der Waals surface area contributed by atoms with E-state index in [1.165, 1.54) is 17.7 Å². The van der Waals surface area contributed by atoms with Crippen molar-refractivity contribution < 1.29 is 13.2 Å². The molecule has 0 aliphatic heterocycles. The zero-order chi connectivity index (χ0) is 14.3. The minimum Gasteiger partial charge on any atom is -0.160 e. The van der Waals surface area contributed by atoms with E-state index in [0.29, 0.717) is 0 Å². The van der Waals surface area contributed by atoms with E-state index >= 15 is 0 Å². The standard InChI is InChI=1S/C8H7F3S.C7H8/c1-6-2-4-7(5-3-6)12-8(9,10)11;1-7-5-3-2-4-6-7/h2-5H,1H3;2-6H,1H3. The average molecular weight is 284 g/mol. The Balaban J connectivity index is 0.000000218. The van der Waals surface area contributed by atoms with Gasteiger partial charge < -0.3 is 0 Å². The summed E-state index contributed by atoms with van der Waals surface area (Å²) in [6.07, 6.45) is 0. The van der Waals surface area contributed by atoms with Crippen LogP contribution >= 0.6 is 11.8 Å². The Morgan fingerprint density at radius 1 is 0.737 bits per heavy atom. The highest BCUT2D eigenvalue weighted by molar-refractivity contribution is 8.00. The fraction of sp³-hybridized carbons (Fsp3) is 0.200. The quantitative estimate of drug-likeness (QED) is 0.614. The molecule has 102 valence electrons. The van der Waals surface area contributed by atoms with Crippen LogP contribution in [0.25, 0.3) is 0 Å². The Labute approximate surface area is 115 Å². The van der Waals surface area contributed by atoms with E-state index in [4.69, 9.17) is 0 Å². The normalized spacial score (nSPS) is 10.6. The van der Waals surface area contributed by atoms with Gasteiger partial charge in [-0.05, 0) is 37.7 Å². The lowest BCUT2D eigenvalue weighted by Crippen LogP contribution is -1.98. The van der Waals surface area contributed by atoms with Crippen LogP contribution in [-0.2, 0) is 0 Å². The molecule has 0 saturated heterocycles. The molecular weight excluding hydrogens is 269 g/mol. The van der Waals surface area contributed by atoms with E-state index in [2.05, 4.69) is 19.1 Å². The van der Waals surface area contributed by atoms with Crippen LogP contribution in [0.2, 0.25) is 0 Å². The number of hydrogen-bond donors (Lipinski definition) is 0. The lowest BCUT2D eigenvalue weighted by Gasteiger charge is -2.04. The number of benzene rings is 2. The zero-order valence-corrected chi connectivity index (χ0v) is 11.6. The second kappa shape index (κ2) is 7.24. The summed E-state index contributed by atoms with van der Waals surface area (Å²) >= 11 is -0.0906. The maximum Gasteiger partial charge on any atom is 0.446 e. The van der Waals surface area contributed by atoms with Crippen LogP contribution in [0.1, 0.15) is 11.1 Å². The van der Waals surface area contributed by atoms with E-state index in [1.54, 1.807) is 12.1 Å². The summed E-state index contributed by atoms with van der Waals surface area (Å²) in [4.78, 5) is 0.230. The van der Waals surface area contributed by atoms with Gasteiger partial charge in [-0.1, -0.05) is 53.6 Å². The molecule has 0 aromatic heterocycles. The van der Waals surface area contributed by atoms with Gasteiger partial charge in [0, 0.05) is 4.90 Å². The molecule has 2 aromatic carbocycles. The van der Waals surface area contributed by atoms with Gasteiger partial charge in [0.2, 0.25) is 0 Å². The van der Waals surface area contributed by atoms with Crippen LogP contribution in [0.5, 0.6) is 0 Å². The number of aryl methyl sites for hydroxylation is 2. The molecule has 0 amide bonds. The van der Waals surface area contributed by atoms with E-state index in [-0.39, 0.29) is 16.7 Å². The van der Waals surface area contributed by atoms with Crippen molar-refractivity contribution in [3.63, 3.8) is 0 Å². The van der Waals surface area contributed by atoms with Crippen molar-refractivity contribution in [2.24, 2.45) is 0 Å². The highest BCUT2D eigenvalue weighted by Gasteiger charge is 2.28. The topological polar surface area (TPSA) is 0 Å². The Hall–Kier alpha value is -1.42. The molecule has 4 heteroatoms. The van der Waals surface area contributed by atoms with Crippen molar-refractivity contribution in [1.82, 2.24) is 0 Å². The molecule has 0 spiro atoms. The molecule has 0 aliphatic rings. The maximum absolute atomic E-state index is 11.8. The minimum absolute atomic E-state index is 0.0906. The Bertz CT molecular complexity index is 475. The summed E-state index contributed by atoms with van der Waals surface area (Å²) in [6, 6.07) is 16.5. The summed E-state index contributed by atoms with van der Waals surface area (Å²) in [5, 5.41) is 0. The number of hydrogen-bond acceptors (Lipinski definition) is 1. The van der Waals surface area contributed by atoms with Crippen LogP contribution < -0.4 is 0 Å². The predicted molar refractivity (Wildman–Crippen MR) is 74.3 cm³/mol. The fourth-order valence-electron chi connectivity index (χ4n) is 1.27. The Kier molecular flexibility index (Phi) is 5.96. The van der Waals surface area contributed by atoms with Crippen LogP contribution in [0.3, 0.4) is 0 Å². The maximum atomic E-state index is 11.8. The number of thioether (sulfide) groups is 1. The second-order valence-electron chi connectivity index (χ2n) is 4.02. The molecule has 2 rings (SSSR count). The highest BCUT2D eigenvalue weighted by Crippen LogP contribution is 2.36. The SMILES string of the molecule is Cc1ccc(SC(F)(F)F)cc1.Cc1ccccc1. The molecule has 19 heavy (non-hydrogen) atoms. The van der Waals surface area contributed by atoms with Gasteiger partial charge in [0.1, 0.15) is 0 Å². The van der Waals surface area contributed by atoms with Gasteiger partial charge >= 0.3 is 5.51 Å². The monoisotopic (exact) mass is 284 g/mol. The summed E-state index contributed by atoms with van der Waals surface area (Å²) in [7, 11) is 0. The molecule has 0 atom stereocenters. The van der Waals surface area contributed by atoms with Crippen LogP contribution in [0, 0.1) is 13.8 Å². The minimum atomic E-state index is -4.19. The zero-order valence-electron chi connectivity index (χ0n) is 10.7. The molecule has 0 unspecified atom stereocenters. The van der Waals surface area contributed by atoms with E-state index in [9.17, 15) is 13.2 Å². The van der Waals surface area contributed by atoms with Crippen LogP contribution in [-0.4, -0.2) is 5.51 Å². The average Bonchev–Trinajstić information content (AvgIpc) is 2.32. The molecule has 0 saturated carbocycles. The first-order valence-corrected chi connectivity index (χ1v) is 6.52. The van der Waals surface area contributed by atoms with Gasteiger partial charge in [0.25, 0.3) is 0 Å². The molecule has 0 fully saturated rings. The Morgan fingerprint density at radius 2 is 1.21 bits per heavy atom. The predicted octanol–water partition coefficient (Wildman–Crippen LogP) is 5.60. The van der Waals surface area contributed by atoms with Crippen LogP contribution in [0.15, 0.2) is 59.5 Å². The first-order chi connectivity index (χ1) is 8.87. The number of halogens is 3. The molecule has 0 heterocycles. The lowest BCUT2D eigenvalue weighted by molar-refractivity contribution is -0.0328. The van der Waals surface area contributed by atoms with Gasteiger partial charge in [-0.3, -0.25) is 0 Å². The van der Waals surface area contributed by atoms with Crippen molar-refractivity contribution in [3.8, 4) is 0 Å². The smallest absolute Gasteiger partial charge is 0.160 e. The van der Waals surface area contributed by atoms with Crippen molar-refractivity contribution in [1.29, 1.82) is 0 Å². The number of rotatable bonds is 1. The number of alkyl halides is 3. The molecule has 2 aromatic rings.